The van der Waals surface area contributed by atoms with Crippen molar-refractivity contribution in [3.05, 3.63) is 70.9 Å². The first-order valence-electron chi connectivity index (χ1n) is 8.00. The molecule has 3 nitrogen and oxygen atoms in total. The monoisotopic (exact) mass is 358 g/mol. The van der Waals surface area contributed by atoms with Crippen LogP contribution in [0.25, 0.3) is 11.1 Å². The van der Waals surface area contributed by atoms with Gasteiger partial charge in [0.05, 0.1) is 11.3 Å². The number of alkyl halides is 3. The van der Waals surface area contributed by atoms with Crippen LogP contribution in [0.2, 0.25) is 0 Å². The maximum atomic E-state index is 13.0. The predicted octanol–water partition coefficient (Wildman–Crippen LogP) is 5.88. The Morgan fingerprint density at radius 1 is 0.846 bits per heavy atom. The van der Waals surface area contributed by atoms with Crippen molar-refractivity contribution in [2.45, 2.75) is 26.9 Å². The molecule has 2 aromatic carbocycles. The van der Waals surface area contributed by atoms with Crippen LogP contribution in [-0.4, -0.2) is 10.2 Å². The van der Waals surface area contributed by atoms with Gasteiger partial charge in [-0.05, 0) is 67.8 Å². The summed E-state index contributed by atoms with van der Waals surface area (Å²) in [6, 6.07) is 12.4. The fourth-order valence-corrected chi connectivity index (χ4v) is 2.73. The lowest BCUT2D eigenvalue weighted by Crippen LogP contribution is -2.05. The van der Waals surface area contributed by atoms with E-state index in [0.717, 1.165) is 23.3 Å². The molecule has 1 heterocycles. The highest BCUT2D eigenvalue weighted by molar-refractivity contribution is 5.69. The van der Waals surface area contributed by atoms with Crippen LogP contribution in [0.15, 0.2) is 48.5 Å². The second-order valence-corrected chi connectivity index (χ2v) is 6.21. The van der Waals surface area contributed by atoms with E-state index >= 15 is 0 Å². The van der Waals surface area contributed by atoms with Gasteiger partial charge in [-0.15, -0.1) is 5.10 Å². The highest BCUT2D eigenvalue weighted by atomic mass is 19.4. The highest BCUT2D eigenvalue weighted by Gasteiger charge is 2.30. The standard InChI is InChI=1S/C20H17F3N2O/c1-12-7-13(2)9-17(8-12)26-19-18(10-14(3)24-25-19)15-5-4-6-16(11-15)20(21,22)23/h4-11H,1-3H3. The number of benzene rings is 2. The Balaban J connectivity index is 2.07. The van der Waals surface area contributed by atoms with E-state index in [9.17, 15) is 13.2 Å². The van der Waals surface area contributed by atoms with Crippen molar-refractivity contribution in [3.63, 3.8) is 0 Å². The van der Waals surface area contributed by atoms with Gasteiger partial charge in [0.15, 0.2) is 0 Å². The molecular formula is C20H17F3N2O. The first-order valence-corrected chi connectivity index (χ1v) is 8.00. The topological polar surface area (TPSA) is 35.0 Å². The third-order valence-electron chi connectivity index (χ3n) is 3.79. The lowest BCUT2D eigenvalue weighted by atomic mass is 10.0. The van der Waals surface area contributed by atoms with Crippen molar-refractivity contribution in [1.82, 2.24) is 10.2 Å². The van der Waals surface area contributed by atoms with Gasteiger partial charge >= 0.3 is 6.18 Å². The fraction of sp³-hybridized carbons (Fsp3) is 0.200. The summed E-state index contributed by atoms with van der Waals surface area (Å²) in [6.07, 6.45) is -4.42. The first kappa shape index (κ1) is 17.9. The Morgan fingerprint density at radius 2 is 1.54 bits per heavy atom. The molecule has 0 aliphatic rings. The number of aryl methyl sites for hydroxylation is 3. The van der Waals surface area contributed by atoms with Crippen molar-refractivity contribution >= 4 is 0 Å². The molecule has 0 unspecified atom stereocenters. The predicted molar refractivity (Wildman–Crippen MR) is 93.2 cm³/mol. The highest BCUT2D eigenvalue weighted by Crippen LogP contribution is 2.36. The number of rotatable bonds is 3. The summed E-state index contributed by atoms with van der Waals surface area (Å²) in [5.74, 6) is 0.730. The van der Waals surface area contributed by atoms with Crippen LogP contribution in [0.4, 0.5) is 13.2 Å². The van der Waals surface area contributed by atoms with Crippen LogP contribution in [0, 0.1) is 20.8 Å². The van der Waals surface area contributed by atoms with Crippen molar-refractivity contribution in [2.24, 2.45) is 0 Å². The lowest BCUT2D eigenvalue weighted by Gasteiger charge is -2.13. The normalized spacial score (nSPS) is 11.5. The largest absolute Gasteiger partial charge is 0.437 e. The van der Waals surface area contributed by atoms with E-state index in [-0.39, 0.29) is 5.88 Å². The van der Waals surface area contributed by atoms with Crippen LogP contribution in [0.1, 0.15) is 22.4 Å². The van der Waals surface area contributed by atoms with Crippen molar-refractivity contribution in [1.29, 1.82) is 0 Å². The number of ether oxygens (including phenoxy) is 1. The molecule has 0 amide bonds. The number of hydrogen-bond acceptors (Lipinski definition) is 3. The van der Waals surface area contributed by atoms with Gasteiger partial charge in [-0.2, -0.15) is 18.3 Å². The summed E-state index contributed by atoms with van der Waals surface area (Å²) in [5.41, 5.74) is 2.73. The minimum Gasteiger partial charge on any atom is -0.437 e. The van der Waals surface area contributed by atoms with Crippen LogP contribution in [0.5, 0.6) is 11.6 Å². The van der Waals surface area contributed by atoms with Gasteiger partial charge in [0, 0.05) is 5.56 Å². The zero-order valence-corrected chi connectivity index (χ0v) is 14.6. The van der Waals surface area contributed by atoms with E-state index in [1.165, 1.54) is 6.07 Å². The Hall–Kier alpha value is -2.89. The fourth-order valence-electron chi connectivity index (χ4n) is 2.73. The zero-order chi connectivity index (χ0) is 18.9. The summed E-state index contributed by atoms with van der Waals surface area (Å²) in [7, 11) is 0. The minimum atomic E-state index is -4.42. The zero-order valence-electron chi connectivity index (χ0n) is 14.6. The molecule has 0 bridgehead atoms. The number of aromatic nitrogens is 2. The molecule has 0 spiro atoms. The molecule has 134 valence electrons. The van der Waals surface area contributed by atoms with Gasteiger partial charge in [0.1, 0.15) is 5.75 Å². The second-order valence-electron chi connectivity index (χ2n) is 6.21. The molecule has 0 aliphatic heterocycles. The van der Waals surface area contributed by atoms with Crippen LogP contribution in [0.3, 0.4) is 0 Å². The minimum absolute atomic E-state index is 0.167. The Bertz CT molecular complexity index is 932. The van der Waals surface area contributed by atoms with Gasteiger partial charge in [0.2, 0.25) is 5.88 Å². The van der Waals surface area contributed by atoms with Crippen LogP contribution in [-0.2, 0) is 6.18 Å². The summed E-state index contributed by atoms with van der Waals surface area (Å²) in [5, 5.41) is 8.03. The van der Waals surface area contributed by atoms with E-state index in [0.29, 0.717) is 22.6 Å². The SMILES string of the molecule is Cc1cc(C)cc(Oc2nnc(C)cc2-c2cccc(C(F)(F)F)c2)c1. The molecule has 6 heteroatoms. The number of nitrogens with zero attached hydrogens (tertiary/aromatic N) is 2. The maximum absolute atomic E-state index is 13.0. The molecule has 0 saturated carbocycles. The summed E-state index contributed by atoms with van der Waals surface area (Å²) < 4.78 is 45.0. The first-order chi connectivity index (χ1) is 12.2. The van der Waals surface area contributed by atoms with Crippen molar-refractivity contribution in [3.8, 4) is 22.8 Å². The molecule has 1 aromatic heterocycles. The maximum Gasteiger partial charge on any atom is 0.416 e. The average Bonchev–Trinajstić information content (AvgIpc) is 2.55. The van der Waals surface area contributed by atoms with Crippen molar-refractivity contribution < 1.29 is 17.9 Å². The van der Waals surface area contributed by atoms with Crippen molar-refractivity contribution in [2.75, 3.05) is 0 Å². The van der Waals surface area contributed by atoms with Gasteiger partial charge < -0.3 is 4.74 Å². The third kappa shape index (κ3) is 4.02. The molecule has 3 rings (SSSR count). The molecule has 0 aliphatic carbocycles. The average molecular weight is 358 g/mol. The van der Waals surface area contributed by atoms with Gasteiger partial charge in [-0.3, -0.25) is 0 Å². The van der Waals surface area contributed by atoms with E-state index < -0.39 is 11.7 Å². The Labute approximate surface area is 149 Å². The third-order valence-corrected chi connectivity index (χ3v) is 3.79. The van der Waals surface area contributed by atoms with E-state index in [1.54, 1.807) is 19.1 Å². The second kappa shape index (κ2) is 6.78. The smallest absolute Gasteiger partial charge is 0.416 e. The molecule has 0 N–H and O–H groups in total. The summed E-state index contributed by atoms with van der Waals surface area (Å²) in [6.45, 7) is 5.60. The molecule has 0 radical (unpaired) electrons. The summed E-state index contributed by atoms with van der Waals surface area (Å²) in [4.78, 5) is 0. The molecule has 26 heavy (non-hydrogen) atoms. The van der Waals surface area contributed by atoms with E-state index in [1.807, 2.05) is 32.0 Å². The lowest BCUT2D eigenvalue weighted by molar-refractivity contribution is -0.137. The van der Waals surface area contributed by atoms with E-state index in [2.05, 4.69) is 10.2 Å². The van der Waals surface area contributed by atoms with Crippen LogP contribution >= 0.6 is 0 Å². The molecule has 0 saturated heterocycles. The molecule has 3 aromatic rings. The molecular weight excluding hydrogens is 341 g/mol. The molecule has 0 atom stereocenters. The van der Waals surface area contributed by atoms with Gasteiger partial charge in [-0.1, -0.05) is 18.2 Å². The van der Waals surface area contributed by atoms with E-state index in [4.69, 9.17) is 4.74 Å². The number of hydrogen-bond donors (Lipinski definition) is 0. The summed E-state index contributed by atoms with van der Waals surface area (Å²) >= 11 is 0. The Kier molecular flexibility index (Phi) is 4.68. The quantitative estimate of drug-likeness (QED) is 0.586. The van der Waals surface area contributed by atoms with Gasteiger partial charge in [0.25, 0.3) is 0 Å². The Morgan fingerprint density at radius 3 is 2.19 bits per heavy atom. The molecule has 0 fully saturated rings. The van der Waals surface area contributed by atoms with Crippen LogP contribution < -0.4 is 4.74 Å². The van der Waals surface area contributed by atoms with Gasteiger partial charge in [-0.25, -0.2) is 0 Å². The number of halogens is 3.